The molecule has 0 aliphatic carbocycles. The molecule has 0 saturated carbocycles. The van der Waals surface area contributed by atoms with Gasteiger partial charge in [0.1, 0.15) is 17.1 Å². The van der Waals surface area contributed by atoms with Crippen molar-refractivity contribution in [1.29, 1.82) is 0 Å². The third-order valence-electron chi connectivity index (χ3n) is 4.95. The molecule has 3 N–H and O–H groups in total. The first-order valence-corrected chi connectivity index (χ1v) is 10.2. The quantitative estimate of drug-likeness (QED) is 0.451. The van der Waals surface area contributed by atoms with Crippen LogP contribution in [0.15, 0.2) is 77.6 Å². The fraction of sp³-hybridized carbons (Fsp3) is 0.167. The van der Waals surface area contributed by atoms with Gasteiger partial charge in [0.05, 0.1) is 0 Å². The molecule has 2 aromatic heterocycles. The van der Waals surface area contributed by atoms with E-state index in [0.717, 1.165) is 18.4 Å². The van der Waals surface area contributed by atoms with E-state index in [9.17, 15) is 4.79 Å². The van der Waals surface area contributed by atoms with Gasteiger partial charge in [-0.2, -0.15) is 5.10 Å². The van der Waals surface area contributed by atoms with E-state index in [1.54, 1.807) is 13.1 Å². The summed E-state index contributed by atoms with van der Waals surface area (Å²) >= 11 is 0. The number of aromatic nitrogens is 4. The Bertz CT molecular complexity index is 1220. The molecule has 156 valence electrons. The van der Waals surface area contributed by atoms with Gasteiger partial charge in [-0.1, -0.05) is 60.7 Å². The van der Waals surface area contributed by atoms with Gasteiger partial charge < -0.3 is 11.1 Å². The SMILES string of the molecule is Cn1nc(-c2nc(NCCCc3ccccc3)c(N)nc2-c2ccccc2)ccc1=O. The number of nitrogen functional groups attached to an aromatic ring is 1. The lowest BCUT2D eigenvalue weighted by Gasteiger charge is -2.14. The van der Waals surface area contributed by atoms with E-state index in [-0.39, 0.29) is 5.56 Å². The van der Waals surface area contributed by atoms with Gasteiger partial charge in [0, 0.05) is 25.2 Å². The largest absolute Gasteiger partial charge is 0.381 e. The van der Waals surface area contributed by atoms with Gasteiger partial charge in [-0.3, -0.25) is 4.79 Å². The molecule has 0 amide bonds. The number of hydrogen-bond acceptors (Lipinski definition) is 6. The topological polar surface area (TPSA) is 98.7 Å². The lowest BCUT2D eigenvalue weighted by molar-refractivity contribution is 0.711. The second kappa shape index (κ2) is 9.21. The van der Waals surface area contributed by atoms with Crippen LogP contribution < -0.4 is 16.6 Å². The summed E-state index contributed by atoms with van der Waals surface area (Å²) in [6, 6.07) is 23.2. The Morgan fingerprint density at radius 3 is 2.32 bits per heavy atom. The summed E-state index contributed by atoms with van der Waals surface area (Å²) in [6.45, 7) is 0.707. The number of nitrogens with two attached hydrogens (primary N) is 1. The van der Waals surface area contributed by atoms with E-state index >= 15 is 0 Å². The van der Waals surface area contributed by atoms with E-state index in [1.807, 2.05) is 48.5 Å². The van der Waals surface area contributed by atoms with E-state index in [1.165, 1.54) is 16.3 Å². The molecule has 0 fully saturated rings. The minimum absolute atomic E-state index is 0.187. The van der Waals surface area contributed by atoms with Crippen LogP contribution in [0.25, 0.3) is 22.6 Å². The monoisotopic (exact) mass is 412 g/mol. The summed E-state index contributed by atoms with van der Waals surface area (Å²) in [5, 5.41) is 7.67. The predicted octanol–water partition coefficient (Wildman–Crippen LogP) is 3.53. The molecule has 31 heavy (non-hydrogen) atoms. The van der Waals surface area contributed by atoms with Crippen molar-refractivity contribution in [1.82, 2.24) is 19.7 Å². The zero-order valence-corrected chi connectivity index (χ0v) is 17.3. The van der Waals surface area contributed by atoms with Crippen molar-refractivity contribution < 1.29 is 0 Å². The lowest BCUT2D eigenvalue weighted by Crippen LogP contribution is -2.19. The number of nitrogens with zero attached hydrogens (tertiary/aromatic N) is 4. The molecule has 0 bridgehead atoms. The average molecular weight is 412 g/mol. The molecule has 0 aliphatic heterocycles. The summed E-state index contributed by atoms with van der Waals surface area (Å²) in [6.07, 6.45) is 1.89. The van der Waals surface area contributed by atoms with E-state index < -0.39 is 0 Å². The van der Waals surface area contributed by atoms with Crippen LogP contribution in [0, 0.1) is 0 Å². The molecule has 0 unspecified atom stereocenters. The highest BCUT2D eigenvalue weighted by atomic mass is 16.1. The highest BCUT2D eigenvalue weighted by Gasteiger charge is 2.17. The maximum atomic E-state index is 11.8. The molecule has 7 nitrogen and oxygen atoms in total. The predicted molar refractivity (Wildman–Crippen MR) is 124 cm³/mol. The van der Waals surface area contributed by atoms with Crippen molar-refractivity contribution in [2.24, 2.45) is 7.05 Å². The molecule has 7 heteroatoms. The molecule has 0 aliphatic rings. The highest BCUT2D eigenvalue weighted by molar-refractivity contribution is 5.79. The number of aryl methyl sites for hydroxylation is 2. The fourth-order valence-corrected chi connectivity index (χ4v) is 3.33. The maximum Gasteiger partial charge on any atom is 0.266 e. The van der Waals surface area contributed by atoms with Crippen molar-refractivity contribution in [2.45, 2.75) is 12.8 Å². The van der Waals surface area contributed by atoms with Crippen LogP contribution in [-0.4, -0.2) is 26.3 Å². The number of hydrogen-bond donors (Lipinski definition) is 2. The standard InChI is InChI=1S/C24H24N6O/c1-30-20(31)15-14-19(29-30)22-21(18-12-6-3-7-13-18)27-23(25)24(28-22)26-16-8-11-17-9-4-2-5-10-17/h2-7,9-10,12-15H,8,11,16H2,1H3,(H2,25,27)(H,26,28). The minimum atomic E-state index is -0.187. The number of rotatable bonds is 7. The van der Waals surface area contributed by atoms with Gasteiger partial charge in [0.25, 0.3) is 5.56 Å². The van der Waals surface area contributed by atoms with Crippen molar-refractivity contribution in [3.63, 3.8) is 0 Å². The third kappa shape index (κ3) is 4.78. The maximum absolute atomic E-state index is 11.8. The second-order valence-corrected chi connectivity index (χ2v) is 7.22. The summed E-state index contributed by atoms with van der Waals surface area (Å²) in [4.78, 5) is 21.2. The third-order valence-corrected chi connectivity index (χ3v) is 4.95. The van der Waals surface area contributed by atoms with Crippen LogP contribution in [0.1, 0.15) is 12.0 Å². The molecule has 2 heterocycles. The number of anilines is 2. The summed E-state index contributed by atoms with van der Waals surface area (Å²) in [5.74, 6) is 0.838. The van der Waals surface area contributed by atoms with Crippen molar-refractivity contribution in [2.75, 3.05) is 17.6 Å². The Kier molecular flexibility index (Phi) is 6.03. The van der Waals surface area contributed by atoms with Gasteiger partial charge >= 0.3 is 0 Å². The van der Waals surface area contributed by atoms with E-state index in [0.29, 0.717) is 35.3 Å². The summed E-state index contributed by atoms with van der Waals surface area (Å²) in [7, 11) is 1.61. The van der Waals surface area contributed by atoms with Gasteiger partial charge in [-0.15, -0.1) is 0 Å². The van der Waals surface area contributed by atoms with E-state index in [2.05, 4.69) is 27.5 Å². The van der Waals surface area contributed by atoms with Crippen LogP contribution in [0.2, 0.25) is 0 Å². The molecule has 4 aromatic rings. The lowest BCUT2D eigenvalue weighted by atomic mass is 10.1. The zero-order chi connectivity index (χ0) is 21.6. The Labute approximate surface area is 180 Å². The smallest absolute Gasteiger partial charge is 0.266 e. The molecular weight excluding hydrogens is 388 g/mol. The zero-order valence-electron chi connectivity index (χ0n) is 17.3. The first kappa shape index (κ1) is 20.3. The Balaban J connectivity index is 1.64. The Morgan fingerprint density at radius 2 is 1.61 bits per heavy atom. The molecule has 0 saturated heterocycles. The Morgan fingerprint density at radius 1 is 0.903 bits per heavy atom. The van der Waals surface area contributed by atoms with Crippen LogP contribution in [-0.2, 0) is 13.5 Å². The normalized spacial score (nSPS) is 10.7. The minimum Gasteiger partial charge on any atom is -0.381 e. The Hall–Kier alpha value is -4.00. The molecule has 0 spiro atoms. The molecule has 0 atom stereocenters. The van der Waals surface area contributed by atoms with Crippen LogP contribution >= 0.6 is 0 Å². The van der Waals surface area contributed by atoms with E-state index in [4.69, 9.17) is 10.7 Å². The van der Waals surface area contributed by atoms with Gasteiger partial charge in [-0.25, -0.2) is 14.6 Å². The van der Waals surface area contributed by atoms with Gasteiger partial charge in [-0.05, 0) is 24.5 Å². The fourth-order valence-electron chi connectivity index (χ4n) is 3.33. The molecule has 0 radical (unpaired) electrons. The second-order valence-electron chi connectivity index (χ2n) is 7.22. The summed E-state index contributed by atoms with van der Waals surface area (Å²) in [5.41, 5.74) is 9.97. The van der Waals surface area contributed by atoms with Crippen LogP contribution in [0.4, 0.5) is 11.6 Å². The highest BCUT2D eigenvalue weighted by Crippen LogP contribution is 2.30. The summed E-state index contributed by atoms with van der Waals surface area (Å²) < 4.78 is 1.29. The van der Waals surface area contributed by atoms with Crippen molar-refractivity contribution in [3.05, 3.63) is 88.7 Å². The first-order valence-electron chi connectivity index (χ1n) is 10.2. The molecule has 2 aromatic carbocycles. The first-order chi connectivity index (χ1) is 15.1. The van der Waals surface area contributed by atoms with Crippen LogP contribution in [0.3, 0.4) is 0 Å². The van der Waals surface area contributed by atoms with Crippen LogP contribution in [0.5, 0.6) is 0 Å². The van der Waals surface area contributed by atoms with Crippen molar-refractivity contribution in [3.8, 4) is 22.6 Å². The number of nitrogens with one attached hydrogen (secondary N) is 1. The molecular formula is C24H24N6O. The van der Waals surface area contributed by atoms with Gasteiger partial charge in [0.15, 0.2) is 11.6 Å². The molecule has 4 rings (SSSR count). The average Bonchev–Trinajstić information content (AvgIpc) is 2.80. The number of benzene rings is 2. The van der Waals surface area contributed by atoms with Crippen molar-refractivity contribution >= 4 is 11.6 Å². The van der Waals surface area contributed by atoms with Gasteiger partial charge in [0.2, 0.25) is 0 Å².